The summed E-state index contributed by atoms with van der Waals surface area (Å²) in [7, 11) is 0. The summed E-state index contributed by atoms with van der Waals surface area (Å²) in [6.07, 6.45) is 0. The Bertz CT molecular complexity index is 586. The van der Waals surface area contributed by atoms with Crippen LogP contribution in [0.5, 0.6) is 0 Å². The Morgan fingerprint density at radius 1 is 1.05 bits per heavy atom. The third-order valence-corrected chi connectivity index (χ3v) is 4.21. The number of hydrogen-bond donors (Lipinski definition) is 1. The van der Waals surface area contributed by atoms with Gasteiger partial charge in [-0.25, -0.2) is 4.39 Å². The Morgan fingerprint density at radius 3 is 2.43 bits per heavy atom. The lowest BCUT2D eigenvalue weighted by Crippen LogP contribution is -3.13. The zero-order valence-corrected chi connectivity index (χ0v) is 12.5. The Labute approximate surface area is 125 Å². The summed E-state index contributed by atoms with van der Waals surface area (Å²) >= 11 is 0. The highest BCUT2D eigenvalue weighted by atomic mass is 19.1. The van der Waals surface area contributed by atoms with E-state index in [4.69, 9.17) is 0 Å². The predicted octanol–water partition coefficient (Wildman–Crippen LogP) is 2.04. The van der Waals surface area contributed by atoms with E-state index in [-0.39, 0.29) is 5.82 Å². The lowest BCUT2D eigenvalue weighted by atomic mass is 10.1. The van der Waals surface area contributed by atoms with Crippen LogP contribution in [0.1, 0.15) is 11.1 Å². The van der Waals surface area contributed by atoms with Crippen LogP contribution in [0.15, 0.2) is 48.5 Å². The Hall–Kier alpha value is -1.87. The third kappa shape index (κ3) is 3.61. The van der Waals surface area contributed by atoms with Crippen molar-refractivity contribution in [2.24, 2.45) is 0 Å². The van der Waals surface area contributed by atoms with E-state index in [0.29, 0.717) is 0 Å². The average Bonchev–Trinajstić information content (AvgIpc) is 2.49. The summed E-state index contributed by atoms with van der Waals surface area (Å²) in [6.45, 7) is 7.36. The van der Waals surface area contributed by atoms with Crippen LogP contribution in [0.25, 0.3) is 0 Å². The fraction of sp³-hybridized carbons (Fsp3) is 0.333. The molecule has 1 fully saturated rings. The third-order valence-electron chi connectivity index (χ3n) is 4.21. The monoisotopic (exact) mass is 285 g/mol. The van der Waals surface area contributed by atoms with Gasteiger partial charge in [0.05, 0.1) is 26.2 Å². The van der Waals surface area contributed by atoms with Gasteiger partial charge in [-0.05, 0) is 31.2 Å². The van der Waals surface area contributed by atoms with Crippen molar-refractivity contribution in [3.8, 4) is 0 Å². The van der Waals surface area contributed by atoms with Gasteiger partial charge in [-0.1, -0.05) is 29.8 Å². The van der Waals surface area contributed by atoms with Crippen molar-refractivity contribution < 1.29 is 9.29 Å². The SMILES string of the molecule is Cc1ccc(N2CC[NH+](Cc3cccc(F)c3)CC2)cc1. The van der Waals surface area contributed by atoms with E-state index in [1.165, 1.54) is 22.2 Å². The zero-order valence-electron chi connectivity index (χ0n) is 12.5. The van der Waals surface area contributed by atoms with Crippen LogP contribution >= 0.6 is 0 Å². The number of rotatable bonds is 3. The Morgan fingerprint density at radius 2 is 1.76 bits per heavy atom. The van der Waals surface area contributed by atoms with Crippen LogP contribution in [0.2, 0.25) is 0 Å². The second kappa shape index (κ2) is 6.27. The molecule has 2 aromatic carbocycles. The topological polar surface area (TPSA) is 7.68 Å². The van der Waals surface area contributed by atoms with E-state index in [1.54, 1.807) is 12.1 Å². The molecule has 3 rings (SSSR count). The summed E-state index contributed by atoms with van der Waals surface area (Å²) in [5.74, 6) is -0.134. The van der Waals surface area contributed by atoms with E-state index in [2.05, 4.69) is 36.1 Å². The molecule has 0 saturated carbocycles. The molecule has 2 nitrogen and oxygen atoms in total. The lowest BCUT2D eigenvalue weighted by Gasteiger charge is -2.33. The number of halogens is 1. The fourth-order valence-electron chi connectivity index (χ4n) is 2.95. The minimum Gasteiger partial charge on any atom is -0.360 e. The summed E-state index contributed by atoms with van der Waals surface area (Å²) in [6, 6.07) is 15.7. The molecule has 1 N–H and O–H groups in total. The van der Waals surface area contributed by atoms with E-state index in [0.717, 1.165) is 38.3 Å². The van der Waals surface area contributed by atoms with Crippen molar-refractivity contribution in [3.05, 3.63) is 65.5 Å². The summed E-state index contributed by atoms with van der Waals surface area (Å²) < 4.78 is 13.2. The first-order valence-electron chi connectivity index (χ1n) is 7.60. The second-order valence-electron chi connectivity index (χ2n) is 5.88. The molecule has 1 aliphatic rings. The van der Waals surface area contributed by atoms with Crippen molar-refractivity contribution >= 4 is 5.69 Å². The molecular formula is C18H22FN2+. The van der Waals surface area contributed by atoms with Crippen molar-refractivity contribution in [1.82, 2.24) is 0 Å². The van der Waals surface area contributed by atoms with Gasteiger partial charge in [0.1, 0.15) is 12.4 Å². The van der Waals surface area contributed by atoms with E-state index in [1.807, 2.05) is 6.07 Å². The first kappa shape index (κ1) is 14.1. The number of nitrogens with zero attached hydrogens (tertiary/aromatic N) is 1. The quantitative estimate of drug-likeness (QED) is 0.907. The molecule has 0 unspecified atom stereocenters. The van der Waals surface area contributed by atoms with Crippen LogP contribution < -0.4 is 9.80 Å². The molecule has 0 aromatic heterocycles. The zero-order chi connectivity index (χ0) is 14.7. The molecule has 0 radical (unpaired) electrons. The van der Waals surface area contributed by atoms with Gasteiger partial charge in [-0.2, -0.15) is 0 Å². The van der Waals surface area contributed by atoms with Gasteiger partial charge in [-0.3, -0.25) is 0 Å². The Balaban J connectivity index is 1.56. The molecule has 2 aromatic rings. The number of quaternary nitrogens is 1. The summed E-state index contributed by atoms with van der Waals surface area (Å²) in [5, 5.41) is 0. The van der Waals surface area contributed by atoms with Crippen molar-refractivity contribution in [1.29, 1.82) is 0 Å². The van der Waals surface area contributed by atoms with Crippen LogP contribution in [-0.4, -0.2) is 26.2 Å². The van der Waals surface area contributed by atoms with E-state index in [9.17, 15) is 4.39 Å². The summed E-state index contributed by atoms with van der Waals surface area (Å²) in [4.78, 5) is 3.97. The maximum Gasteiger partial charge on any atom is 0.123 e. The molecule has 0 amide bonds. The molecule has 0 bridgehead atoms. The van der Waals surface area contributed by atoms with Gasteiger partial charge in [-0.15, -0.1) is 0 Å². The van der Waals surface area contributed by atoms with Gasteiger partial charge in [0.2, 0.25) is 0 Å². The number of hydrogen-bond acceptors (Lipinski definition) is 1. The molecule has 0 atom stereocenters. The normalized spacial score (nSPS) is 16.2. The van der Waals surface area contributed by atoms with Gasteiger partial charge in [0, 0.05) is 11.3 Å². The van der Waals surface area contributed by atoms with Crippen molar-refractivity contribution in [2.75, 3.05) is 31.1 Å². The maximum absolute atomic E-state index is 13.2. The number of nitrogens with one attached hydrogen (secondary N) is 1. The molecule has 1 aliphatic heterocycles. The first-order chi connectivity index (χ1) is 10.2. The first-order valence-corrected chi connectivity index (χ1v) is 7.60. The van der Waals surface area contributed by atoms with Crippen LogP contribution in [-0.2, 0) is 6.54 Å². The van der Waals surface area contributed by atoms with E-state index >= 15 is 0 Å². The number of benzene rings is 2. The molecule has 3 heteroatoms. The predicted molar refractivity (Wildman–Crippen MR) is 84.2 cm³/mol. The highest BCUT2D eigenvalue weighted by Crippen LogP contribution is 2.14. The standard InChI is InChI=1S/C18H21FN2/c1-15-5-7-18(8-6-15)21-11-9-20(10-12-21)14-16-3-2-4-17(19)13-16/h2-8,13H,9-12,14H2,1H3/p+1. The van der Waals surface area contributed by atoms with Gasteiger partial charge >= 0.3 is 0 Å². The van der Waals surface area contributed by atoms with E-state index < -0.39 is 0 Å². The molecule has 0 spiro atoms. The number of aryl methyl sites for hydroxylation is 1. The van der Waals surface area contributed by atoms with Crippen molar-refractivity contribution in [2.45, 2.75) is 13.5 Å². The molecule has 110 valence electrons. The molecule has 1 saturated heterocycles. The van der Waals surface area contributed by atoms with Gasteiger partial charge < -0.3 is 9.80 Å². The largest absolute Gasteiger partial charge is 0.360 e. The van der Waals surface area contributed by atoms with Crippen LogP contribution in [0.3, 0.4) is 0 Å². The minimum atomic E-state index is -0.134. The average molecular weight is 285 g/mol. The maximum atomic E-state index is 13.2. The summed E-state index contributed by atoms with van der Waals surface area (Å²) in [5.41, 5.74) is 3.70. The van der Waals surface area contributed by atoms with Crippen LogP contribution in [0, 0.1) is 12.7 Å². The number of piperazine rings is 1. The molecule has 0 aliphatic carbocycles. The van der Waals surface area contributed by atoms with Gasteiger partial charge in [0.25, 0.3) is 0 Å². The molecule has 1 heterocycles. The molecular weight excluding hydrogens is 263 g/mol. The number of anilines is 1. The van der Waals surface area contributed by atoms with Crippen molar-refractivity contribution in [3.63, 3.8) is 0 Å². The molecule has 21 heavy (non-hydrogen) atoms. The lowest BCUT2D eigenvalue weighted by molar-refractivity contribution is -0.914. The Kier molecular flexibility index (Phi) is 4.20. The van der Waals surface area contributed by atoms with Gasteiger partial charge in [0.15, 0.2) is 0 Å². The highest BCUT2D eigenvalue weighted by Gasteiger charge is 2.20. The van der Waals surface area contributed by atoms with Crippen LogP contribution in [0.4, 0.5) is 10.1 Å². The second-order valence-corrected chi connectivity index (χ2v) is 5.88. The smallest absolute Gasteiger partial charge is 0.123 e. The fourth-order valence-corrected chi connectivity index (χ4v) is 2.95. The highest BCUT2D eigenvalue weighted by molar-refractivity contribution is 5.47. The minimum absolute atomic E-state index is 0.134.